The first-order valence-electron chi connectivity index (χ1n) is 9.37. The Kier molecular flexibility index (Phi) is 9.37. The summed E-state index contributed by atoms with van der Waals surface area (Å²) < 4.78 is 7.15. The molecule has 1 aromatic heterocycles. The molecule has 2 rings (SSSR count). The third-order valence-corrected chi connectivity index (χ3v) is 4.27. The molecule has 0 spiro atoms. The number of hydrogen-bond acceptors (Lipinski definition) is 4. The second-order valence-electron chi connectivity index (χ2n) is 6.56. The molecule has 27 heavy (non-hydrogen) atoms. The first kappa shape index (κ1) is 20.9. The summed E-state index contributed by atoms with van der Waals surface area (Å²) in [6.45, 7) is 5.22. The largest absolute Gasteiger partial charge is 0.385 e. The number of imidazole rings is 1. The van der Waals surface area contributed by atoms with Crippen LogP contribution in [0.1, 0.15) is 17.5 Å². The molecule has 1 aromatic carbocycles. The Bertz CT molecular complexity index is 671. The van der Waals surface area contributed by atoms with E-state index in [1.165, 1.54) is 11.1 Å². The molecule has 0 saturated carbocycles. The van der Waals surface area contributed by atoms with Gasteiger partial charge in [0.2, 0.25) is 0 Å². The average Bonchev–Trinajstić information content (AvgIpc) is 3.18. The molecule has 2 N–H and O–H groups in total. The zero-order valence-corrected chi connectivity index (χ0v) is 16.7. The zero-order valence-electron chi connectivity index (χ0n) is 16.7. The Morgan fingerprint density at radius 3 is 2.85 bits per heavy atom. The maximum absolute atomic E-state index is 5.09. The summed E-state index contributed by atoms with van der Waals surface area (Å²) in [4.78, 5) is 10.7. The van der Waals surface area contributed by atoms with Crippen molar-refractivity contribution in [3.63, 3.8) is 0 Å². The van der Waals surface area contributed by atoms with Crippen LogP contribution in [0.4, 0.5) is 0 Å². The fourth-order valence-corrected chi connectivity index (χ4v) is 2.79. The lowest BCUT2D eigenvalue weighted by atomic mass is 10.1. The Balaban J connectivity index is 1.72. The molecular weight excluding hydrogens is 340 g/mol. The second kappa shape index (κ2) is 12.1. The third kappa shape index (κ3) is 8.23. The Morgan fingerprint density at radius 1 is 1.26 bits per heavy atom. The highest BCUT2D eigenvalue weighted by Crippen LogP contribution is 2.07. The Hall–Kier alpha value is -2.38. The highest BCUT2D eigenvalue weighted by Gasteiger charge is 2.02. The van der Waals surface area contributed by atoms with Gasteiger partial charge in [0.15, 0.2) is 5.96 Å². The van der Waals surface area contributed by atoms with Gasteiger partial charge in [-0.2, -0.15) is 0 Å². The van der Waals surface area contributed by atoms with E-state index in [-0.39, 0.29) is 0 Å². The number of likely N-dealkylation sites (N-methyl/N-ethyl adjacent to an activating group) is 1. The summed E-state index contributed by atoms with van der Waals surface area (Å²) in [5.41, 5.74) is 2.49. The van der Waals surface area contributed by atoms with Gasteiger partial charge in [-0.15, -0.1) is 0 Å². The normalized spacial score (nSPS) is 11.8. The van der Waals surface area contributed by atoms with Crippen molar-refractivity contribution in [2.75, 3.05) is 47.4 Å². The average molecular weight is 373 g/mol. The number of rotatable bonds is 11. The maximum Gasteiger partial charge on any atom is 0.191 e. The van der Waals surface area contributed by atoms with E-state index in [4.69, 9.17) is 4.74 Å². The van der Waals surface area contributed by atoms with Crippen LogP contribution in [0.15, 0.2) is 48.0 Å². The fraction of sp³-hybridized carbons (Fsp3) is 0.500. The first-order valence-corrected chi connectivity index (χ1v) is 9.37. The van der Waals surface area contributed by atoms with E-state index in [1.54, 1.807) is 20.4 Å². The minimum Gasteiger partial charge on any atom is -0.385 e. The summed E-state index contributed by atoms with van der Waals surface area (Å²) in [6.07, 6.45) is 6.66. The topological polar surface area (TPSA) is 66.7 Å². The lowest BCUT2D eigenvalue weighted by molar-refractivity contribution is 0.180. The molecular formula is C20H32N6O. The summed E-state index contributed by atoms with van der Waals surface area (Å²) in [6, 6.07) is 8.57. The minimum atomic E-state index is 0.737. The first-order chi connectivity index (χ1) is 13.2. The molecule has 148 valence electrons. The number of nitrogens with zero attached hydrogens (tertiary/aromatic N) is 4. The molecule has 0 bridgehead atoms. The number of hydrogen-bond donors (Lipinski definition) is 2. The van der Waals surface area contributed by atoms with Crippen LogP contribution in [0.25, 0.3) is 0 Å². The molecule has 0 aliphatic heterocycles. The molecule has 0 aliphatic carbocycles. The molecule has 0 radical (unpaired) electrons. The predicted octanol–water partition coefficient (Wildman–Crippen LogP) is 1.56. The van der Waals surface area contributed by atoms with Gasteiger partial charge < -0.3 is 24.8 Å². The van der Waals surface area contributed by atoms with E-state index >= 15 is 0 Å². The highest BCUT2D eigenvalue weighted by molar-refractivity contribution is 5.79. The SMILES string of the molecule is CN=C(NCCN(C)CCCOC)NCc1cccc(Cn2ccnc2)c1. The molecule has 1 heterocycles. The van der Waals surface area contributed by atoms with Crippen molar-refractivity contribution in [1.29, 1.82) is 0 Å². The summed E-state index contributed by atoms with van der Waals surface area (Å²) in [7, 11) is 5.66. The highest BCUT2D eigenvalue weighted by atomic mass is 16.5. The summed E-state index contributed by atoms with van der Waals surface area (Å²) >= 11 is 0. The van der Waals surface area contributed by atoms with Gasteiger partial charge >= 0.3 is 0 Å². The molecule has 0 atom stereocenters. The van der Waals surface area contributed by atoms with E-state index in [0.29, 0.717) is 0 Å². The fourth-order valence-electron chi connectivity index (χ4n) is 2.79. The van der Waals surface area contributed by atoms with E-state index in [1.807, 2.05) is 12.5 Å². The second-order valence-corrected chi connectivity index (χ2v) is 6.56. The third-order valence-electron chi connectivity index (χ3n) is 4.27. The number of nitrogens with one attached hydrogen (secondary N) is 2. The van der Waals surface area contributed by atoms with Crippen molar-refractivity contribution in [1.82, 2.24) is 25.1 Å². The van der Waals surface area contributed by atoms with Crippen LogP contribution in [0.2, 0.25) is 0 Å². The van der Waals surface area contributed by atoms with E-state index in [9.17, 15) is 0 Å². The number of benzene rings is 1. The van der Waals surface area contributed by atoms with Crippen molar-refractivity contribution >= 4 is 5.96 Å². The van der Waals surface area contributed by atoms with E-state index < -0.39 is 0 Å². The molecule has 7 nitrogen and oxygen atoms in total. The maximum atomic E-state index is 5.09. The van der Waals surface area contributed by atoms with Crippen LogP contribution in [-0.2, 0) is 17.8 Å². The molecule has 7 heteroatoms. The van der Waals surface area contributed by atoms with Crippen LogP contribution in [0.5, 0.6) is 0 Å². The molecule has 0 unspecified atom stereocenters. The van der Waals surface area contributed by atoms with Gasteiger partial charge in [0.25, 0.3) is 0 Å². The summed E-state index contributed by atoms with van der Waals surface area (Å²) in [5, 5.41) is 6.74. The molecule has 0 aliphatic rings. The Labute approximate surface area is 162 Å². The number of guanidine groups is 1. The van der Waals surface area contributed by atoms with Crippen LogP contribution in [0.3, 0.4) is 0 Å². The molecule has 2 aromatic rings. The molecule has 0 saturated heterocycles. The van der Waals surface area contributed by atoms with Crippen molar-refractivity contribution in [3.05, 3.63) is 54.1 Å². The van der Waals surface area contributed by atoms with Gasteiger partial charge in [-0.3, -0.25) is 4.99 Å². The van der Waals surface area contributed by atoms with Crippen molar-refractivity contribution in [3.8, 4) is 0 Å². The van der Waals surface area contributed by atoms with Crippen LogP contribution < -0.4 is 10.6 Å². The zero-order chi connectivity index (χ0) is 19.3. The lowest BCUT2D eigenvalue weighted by Crippen LogP contribution is -2.40. The van der Waals surface area contributed by atoms with E-state index in [0.717, 1.165) is 51.7 Å². The van der Waals surface area contributed by atoms with Crippen LogP contribution >= 0.6 is 0 Å². The number of methoxy groups -OCH3 is 1. The molecule has 0 fully saturated rings. The smallest absolute Gasteiger partial charge is 0.191 e. The predicted molar refractivity (Wildman–Crippen MR) is 110 cm³/mol. The van der Waals surface area contributed by atoms with Gasteiger partial charge in [0, 0.05) is 65.9 Å². The van der Waals surface area contributed by atoms with E-state index in [2.05, 4.69) is 61.4 Å². The number of ether oxygens (including phenoxy) is 1. The standard InChI is InChI=1S/C20H32N6O/c1-21-20(23-9-11-25(2)10-5-13-27-3)24-15-18-6-4-7-19(14-18)16-26-12-8-22-17-26/h4,6-8,12,14,17H,5,9-11,13,15-16H2,1-3H3,(H2,21,23,24). The monoisotopic (exact) mass is 372 g/mol. The number of aromatic nitrogens is 2. The lowest BCUT2D eigenvalue weighted by Gasteiger charge is -2.18. The van der Waals surface area contributed by atoms with Crippen LogP contribution in [0, 0.1) is 0 Å². The van der Waals surface area contributed by atoms with Gasteiger partial charge in [-0.05, 0) is 24.6 Å². The van der Waals surface area contributed by atoms with Gasteiger partial charge in [-0.25, -0.2) is 4.98 Å². The Morgan fingerprint density at radius 2 is 2.11 bits per heavy atom. The molecule has 0 amide bonds. The van der Waals surface area contributed by atoms with Crippen molar-refractivity contribution in [2.45, 2.75) is 19.5 Å². The van der Waals surface area contributed by atoms with Crippen LogP contribution in [-0.4, -0.2) is 67.9 Å². The quantitative estimate of drug-likeness (QED) is 0.356. The van der Waals surface area contributed by atoms with Crippen molar-refractivity contribution in [2.24, 2.45) is 4.99 Å². The summed E-state index contributed by atoms with van der Waals surface area (Å²) in [5.74, 6) is 0.820. The number of aliphatic imine (C=N–C) groups is 1. The van der Waals surface area contributed by atoms with Gasteiger partial charge in [-0.1, -0.05) is 24.3 Å². The van der Waals surface area contributed by atoms with Gasteiger partial charge in [0.05, 0.1) is 6.33 Å². The van der Waals surface area contributed by atoms with Gasteiger partial charge in [0.1, 0.15) is 0 Å². The van der Waals surface area contributed by atoms with Crippen molar-refractivity contribution < 1.29 is 4.74 Å². The minimum absolute atomic E-state index is 0.737.